The lowest BCUT2D eigenvalue weighted by Crippen LogP contribution is -2.17. The maximum Gasteiger partial charge on any atom is 0.273 e. The van der Waals surface area contributed by atoms with Crippen molar-refractivity contribution in [3.63, 3.8) is 0 Å². The van der Waals surface area contributed by atoms with E-state index in [0.29, 0.717) is 16.4 Å². The standard InChI is InChI=1S/C16H19ClN4O2/c1-16(2,3)13-8-12(21(4)20-13)15(23)19-11-7-9(14(18)22)5-6-10(11)17/h5-8H,1-4H3,(H2,18,22)(H,19,23). The minimum absolute atomic E-state index is 0.167. The summed E-state index contributed by atoms with van der Waals surface area (Å²) in [6, 6.07) is 6.20. The average molecular weight is 335 g/mol. The van der Waals surface area contributed by atoms with Gasteiger partial charge in [0.2, 0.25) is 5.91 Å². The predicted molar refractivity (Wildman–Crippen MR) is 89.8 cm³/mol. The molecule has 0 unspecified atom stereocenters. The maximum absolute atomic E-state index is 12.5. The van der Waals surface area contributed by atoms with Crippen molar-refractivity contribution in [3.05, 3.63) is 46.2 Å². The fourth-order valence-electron chi connectivity index (χ4n) is 2.01. The Morgan fingerprint density at radius 3 is 2.43 bits per heavy atom. The minimum Gasteiger partial charge on any atom is -0.366 e. The summed E-state index contributed by atoms with van der Waals surface area (Å²) in [7, 11) is 1.70. The van der Waals surface area contributed by atoms with Crippen LogP contribution in [0.5, 0.6) is 0 Å². The van der Waals surface area contributed by atoms with Gasteiger partial charge in [-0.25, -0.2) is 0 Å². The molecule has 6 nitrogen and oxygen atoms in total. The van der Waals surface area contributed by atoms with Crippen LogP contribution < -0.4 is 11.1 Å². The summed E-state index contributed by atoms with van der Waals surface area (Å²) in [6.45, 7) is 6.05. The number of aryl methyl sites for hydroxylation is 1. The Labute approximate surface area is 139 Å². The van der Waals surface area contributed by atoms with Crippen LogP contribution >= 0.6 is 11.6 Å². The third-order valence-corrected chi connectivity index (χ3v) is 3.71. The minimum atomic E-state index is -0.590. The molecule has 0 atom stereocenters. The lowest BCUT2D eigenvalue weighted by atomic mass is 9.92. The molecule has 1 aromatic carbocycles. The molecule has 1 aromatic heterocycles. The van der Waals surface area contributed by atoms with Gasteiger partial charge in [-0.05, 0) is 24.3 Å². The Hall–Kier alpha value is -2.34. The van der Waals surface area contributed by atoms with Gasteiger partial charge in [-0.15, -0.1) is 0 Å². The molecular formula is C16H19ClN4O2. The first-order valence-corrected chi connectivity index (χ1v) is 7.42. The molecule has 0 bridgehead atoms. The summed E-state index contributed by atoms with van der Waals surface area (Å²) >= 11 is 6.06. The summed E-state index contributed by atoms with van der Waals surface area (Å²) in [5, 5.41) is 7.37. The van der Waals surface area contributed by atoms with Gasteiger partial charge in [-0.3, -0.25) is 14.3 Å². The zero-order valence-corrected chi connectivity index (χ0v) is 14.2. The van der Waals surface area contributed by atoms with Gasteiger partial charge in [0, 0.05) is 18.0 Å². The second-order valence-electron chi connectivity index (χ2n) is 6.30. The van der Waals surface area contributed by atoms with Crippen molar-refractivity contribution in [1.29, 1.82) is 0 Å². The van der Waals surface area contributed by atoms with Crippen molar-refractivity contribution in [2.45, 2.75) is 26.2 Å². The van der Waals surface area contributed by atoms with E-state index >= 15 is 0 Å². The van der Waals surface area contributed by atoms with Crippen LogP contribution in [-0.4, -0.2) is 21.6 Å². The Morgan fingerprint density at radius 2 is 1.91 bits per heavy atom. The van der Waals surface area contributed by atoms with E-state index in [1.807, 2.05) is 20.8 Å². The van der Waals surface area contributed by atoms with Gasteiger partial charge in [0.05, 0.1) is 16.4 Å². The molecule has 0 aliphatic carbocycles. The number of hydrogen-bond acceptors (Lipinski definition) is 3. The largest absolute Gasteiger partial charge is 0.366 e. The van der Waals surface area contributed by atoms with Gasteiger partial charge in [-0.1, -0.05) is 32.4 Å². The highest BCUT2D eigenvalue weighted by Crippen LogP contribution is 2.25. The number of nitrogens with zero attached hydrogens (tertiary/aromatic N) is 2. The molecule has 0 radical (unpaired) electrons. The number of primary amides is 1. The van der Waals surface area contributed by atoms with Gasteiger partial charge in [0.1, 0.15) is 5.69 Å². The highest BCUT2D eigenvalue weighted by atomic mass is 35.5. The Morgan fingerprint density at radius 1 is 1.26 bits per heavy atom. The van der Waals surface area contributed by atoms with Crippen LogP contribution in [0.25, 0.3) is 0 Å². The van der Waals surface area contributed by atoms with Crippen LogP contribution in [0.2, 0.25) is 5.02 Å². The SMILES string of the molecule is Cn1nc(C(C)(C)C)cc1C(=O)Nc1cc(C(N)=O)ccc1Cl. The zero-order chi connectivity index (χ0) is 17.4. The molecule has 7 heteroatoms. The number of benzene rings is 1. The van der Waals surface area contributed by atoms with Crippen LogP contribution in [0, 0.1) is 0 Å². The number of rotatable bonds is 3. The highest BCUT2D eigenvalue weighted by Gasteiger charge is 2.22. The van der Waals surface area contributed by atoms with E-state index in [1.54, 1.807) is 13.1 Å². The number of aromatic nitrogens is 2. The highest BCUT2D eigenvalue weighted by molar-refractivity contribution is 6.34. The first-order chi connectivity index (χ1) is 10.6. The van der Waals surface area contributed by atoms with E-state index < -0.39 is 5.91 Å². The third kappa shape index (κ3) is 3.71. The van der Waals surface area contributed by atoms with Crippen LogP contribution in [0.3, 0.4) is 0 Å². The number of hydrogen-bond donors (Lipinski definition) is 2. The molecule has 2 amide bonds. The first kappa shape index (κ1) is 17.0. The van der Waals surface area contributed by atoms with E-state index in [-0.39, 0.29) is 16.9 Å². The number of nitrogens with two attached hydrogens (primary N) is 1. The fraction of sp³-hybridized carbons (Fsp3) is 0.312. The van der Waals surface area contributed by atoms with E-state index in [9.17, 15) is 9.59 Å². The van der Waals surface area contributed by atoms with Crippen molar-refractivity contribution in [2.24, 2.45) is 12.8 Å². The molecule has 0 saturated heterocycles. The van der Waals surface area contributed by atoms with E-state index in [0.717, 1.165) is 5.69 Å². The molecule has 3 N–H and O–H groups in total. The molecule has 0 spiro atoms. The number of amides is 2. The summed E-state index contributed by atoms with van der Waals surface area (Å²) in [4.78, 5) is 23.7. The average Bonchev–Trinajstić information content (AvgIpc) is 2.83. The van der Waals surface area contributed by atoms with Crippen molar-refractivity contribution < 1.29 is 9.59 Å². The molecule has 2 rings (SSSR count). The third-order valence-electron chi connectivity index (χ3n) is 3.38. The number of carbonyl (C=O) groups excluding carboxylic acids is 2. The molecule has 1 heterocycles. The lowest BCUT2D eigenvalue weighted by Gasteiger charge is -2.13. The fourth-order valence-corrected chi connectivity index (χ4v) is 2.17. The molecule has 2 aromatic rings. The van der Waals surface area contributed by atoms with Gasteiger partial charge in [0.25, 0.3) is 5.91 Å². The van der Waals surface area contributed by atoms with Crippen molar-refractivity contribution in [1.82, 2.24) is 9.78 Å². The van der Waals surface area contributed by atoms with Gasteiger partial charge in [-0.2, -0.15) is 5.10 Å². The number of anilines is 1. The summed E-state index contributed by atoms with van der Waals surface area (Å²) < 4.78 is 1.52. The van der Waals surface area contributed by atoms with Crippen molar-refractivity contribution in [3.8, 4) is 0 Å². The maximum atomic E-state index is 12.5. The van der Waals surface area contributed by atoms with Crippen LogP contribution in [-0.2, 0) is 12.5 Å². The molecule has 0 fully saturated rings. The van der Waals surface area contributed by atoms with Gasteiger partial charge in [0.15, 0.2) is 0 Å². The van der Waals surface area contributed by atoms with Crippen LogP contribution in [0.15, 0.2) is 24.3 Å². The molecule has 0 aliphatic heterocycles. The van der Waals surface area contributed by atoms with Crippen molar-refractivity contribution in [2.75, 3.05) is 5.32 Å². The van der Waals surface area contributed by atoms with E-state index in [1.165, 1.54) is 22.9 Å². The summed E-state index contributed by atoms with van der Waals surface area (Å²) in [6.07, 6.45) is 0. The zero-order valence-electron chi connectivity index (χ0n) is 13.5. The number of carbonyl (C=O) groups is 2. The first-order valence-electron chi connectivity index (χ1n) is 7.05. The Balaban J connectivity index is 2.31. The van der Waals surface area contributed by atoms with Crippen molar-refractivity contribution >= 4 is 29.1 Å². The Bertz CT molecular complexity index is 775. The number of halogens is 1. The van der Waals surface area contributed by atoms with Crippen LogP contribution in [0.4, 0.5) is 5.69 Å². The number of nitrogens with one attached hydrogen (secondary N) is 1. The molecular weight excluding hydrogens is 316 g/mol. The van der Waals surface area contributed by atoms with E-state index in [2.05, 4.69) is 10.4 Å². The quantitative estimate of drug-likeness (QED) is 0.904. The van der Waals surface area contributed by atoms with Gasteiger partial charge < -0.3 is 11.1 Å². The second kappa shape index (κ2) is 6.04. The normalized spacial score (nSPS) is 11.3. The summed E-state index contributed by atoms with van der Waals surface area (Å²) in [5.74, 6) is -0.952. The monoisotopic (exact) mass is 334 g/mol. The second-order valence-corrected chi connectivity index (χ2v) is 6.71. The van der Waals surface area contributed by atoms with Crippen LogP contribution in [0.1, 0.15) is 47.3 Å². The topological polar surface area (TPSA) is 90.0 Å². The smallest absolute Gasteiger partial charge is 0.273 e. The molecule has 0 aliphatic rings. The molecule has 0 saturated carbocycles. The Kier molecular flexibility index (Phi) is 4.47. The molecule has 122 valence electrons. The van der Waals surface area contributed by atoms with E-state index in [4.69, 9.17) is 17.3 Å². The predicted octanol–water partition coefficient (Wildman–Crippen LogP) is 2.72. The lowest BCUT2D eigenvalue weighted by molar-refractivity contribution is 0.0994. The van der Waals surface area contributed by atoms with Gasteiger partial charge >= 0.3 is 0 Å². The molecule has 23 heavy (non-hydrogen) atoms. The summed E-state index contributed by atoms with van der Waals surface area (Å²) in [5.41, 5.74) is 6.87.